The Morgan fingerprint density at radius 3 is 2.67 bits per heavy atom. The van der Waals surface area contributed by atoms with Crippen molar-refractivity contribution in [3.63, 3.8) is 0 Å². The summed E-state index contributed by atoms with van der Waals surface area (Å²) in [6, 6.07) is 10.9. The van der Waals surface area contributed by atoms with Crippen molar-refractivity contribution >= 4 is 33.0 Å². The lowest BCUT2D eigenvalue weighted by atomic mass is 10.2. The van der Waals surface area contributed by atoms with Crippen LogP contribution in [0, 0.1) is 18.3 Å². The molecule has 0 heterocycles. The van der Waals surface area contributed by atoms with E-state index in [9.17, 15) is 8.42 Å². The zero-order chi connectivity index (χ0) is 15.6. The van der Waals surface area contributed by atoms with E-state index in [2.05, 4.69) is 4.72 Å². The van der Waals surface area contributed by atoms with Gasteiger partial charge in [0.15, 0.2) is 0 Å². The second-order valence-corrected chi connectivity index (χ2v) is 6.44. The van der Waals surface area contributed by atoms with Crippen molar-refractivity contribution in [2.75, 3.05) is 10.5 Å². The van der Waals surface area contributed by atoms with E-state index in [1.807, 2.05) is 6.07 Å². The van der Waals surface area contributed by atoms with Gasteiger partial charge in [-0.15, -0.1) is 0 Å². The van der Waals surface area contributed by atoms with Crippen LogP contribution in [0.3, 0.4) is 0 Å². The number of nitrogens with zero attached hydrogens (tertiary/aromatic N) is 1. The molecule has 0 amide bonds. The van der Waals surface area contributed by atoms with Gasteiger partial charge in [-0.1, -0.05) is 17.7 Å². The van der Waals surface area contributed by atoms with Gasteiger partial charge < -0.3 is 5.73 Å². The van der Waals surface area contributed by atoms with Crippen LogP contribution in [0.25, 0.3) is 0 Å². The highest BCUT2D eigenvalue weighted by Crippen LogP contribution is 2.25. The number of nitrogen functional groups attached to an aromatic ring is 1. The van der Waals surface area contributed by atoms with Crippen LogP contribution in [0.4, 0.5) is 11.4 Å². The normalized spacial score (nSPS) is 10.9. The van der Waals surface area contributed by atoms with Gasteiger partial charge in [-0.05, 0) is 42.8 Å². The number of nitrogens with two attached hydrogens (primary N) is 1. The molecule has 0 aliphatic rings. The fourth-order valence-corrected chi connectivity index (χ4v) is 3.29. The average molecular weight is 322 g/mol. The first-order valence-electron chi connectivity index (χ1n) is 5.92. The molecule has 7 heteroatoms. The number of hydrogen-bond donors (Lipinski definition) is 2. The Morgan fingerprint density at radius 2 is 2.00 bits per heavy atom. The Bertz CT molecular complexity index is 842. The number of sulfonamides is 1. The third-order valence-electron chi connectivity index (χ3n) is 2.95. The molecule has 0 radical (unpaired) electrons. The number of rotatable bonds is 3. The molecule has 0 atom stereocenters. The summed E-state index contributed by atoms with van der Waals surface area (Å²) in [5.74, 6) is 0. The maximum Gasteiger partial charge on any atom is 0.262 e. The van der Waals surface area contributed by atoms with Crippen LogP contribution in [0.5, 0.6) is 0 Å². The minimum absolute atomic E-state index is 0.0935. The van der Waals surface area contributed by atoms with Crippen molar-refractivity contribution in [1.29, 1.82) is 5.26 Å². The molecule has 21 heavy (non-hydrogen) atoms. The number of nitrogens with one attached hydrogen (secondary N) is 1. The monoisotopic (exact) mass is 321 g/mol. The number of benzene rings is 2. The Morgan fingerprint density at radius 1 is 1.29 bits per heavy atom. The Kier molecular flexibility index (Phi) is 4.07. The molecule has 0 saturated heterocycles. The Labute approximate surface area is 128 Å². The SMILES string of the molecule is Cc1c(N)cccc1S(=O)(=O)Nc1ccc(Cl)c(C#N)c1. The van der Waals surface area contributed by atoms with Crippen LogP contribution in [-0.2, 0) is 10.0 Å². The van der Waals surface area contributed by atoms with Gasteiger partial charge in [0.1, 0.15) is 6.07 Å². The third-order valence-corrected chi connectivity index (χ3v) is 4.81. The average Bonchev–Trinajstić information content (AvgIpc) is 2.43. The van der Waals surface area contributed by atoms with E-state index >= 15 is 0 Å². The lowest BCUT2D eigenvalue weighted by Gasteiger charge is -2.12. The van der Waals surface area contributed by atoms with Crippen LogP contribution in [-0.4, -0.2) is 8.42 Å². The summed E-state index contributed by atoms with van der Waals surface area (Å²) in [7, 11) is -3.79. The van der Waals surface area contributed by atoms with Gasteiger partial charge in [-0.3, -0.25) is 4.72 Å². The van der Waals surface area contributed by atoms with Crippen LogP contribution < -0.4 is 10.5 Å². The van der Waals surface area contributed by atoms with E-state index in [4.69, 9.17) is 22.6 Å². The van der Waals surface area contributed by atoms with E-state index in [0.29, 0.717) is 11.3 Å². The molecule has 0 aliphatic carbocycles. The second-order valence-electron chi connectivity index (χ2n) is 4.38. The maximum atomic E-state index is 12.4. The molecule has 5 nitrogen and oxygen atoms in total. The van der Waals surface area contributed by atoms with Crippen molar-refractivity contribution in [1.82, 2.24) is 0 Å². The van der Waals surface area contributed by atoms with E-state index < -0.39 is 10.0 Å². The molecule has 0 unspecified atom stereocenters. The first kappa shape index (κ1) is 15.2. The van der Waals surface area contributed by atoms with Gasteiger partial charge in [0, 0.05) is 5.69 Å². The van der Waals surface area contributed by atoms with Gasteiger partial charge in [0.25, 0.3) is 10.0 Å². The fourth-order valence-electron chi connectivity index (χ4n) is 1.81. The van der Waals surface area contributed by atoms with E-state index in [0.717, 1.165) is 0 Å². The number of nitriles is 1. The Hall–Kier alpha value is -2.23. The highest BCUT2D eigenvalue weighted by molar-refractivity contribution is 7.92. The lowest BCUT2D eigenvalue weighted by Crippen LogP contribution is -2.15. The minimum atomic E-state index is -3.79. The van der Waals surface area contributed by atoms with E-state index in [1.54, 1.807) is 19.1 Å². The number of anilines is 2. The van der Waals surface area contributed by atoms with E-state index in [1.165, 1.54) is 24.3 Å². The summed E-state index contributed by atoms with van der Waals surface area (Å²) in [5.41, 5.74) is 7.05. The van der Waals surface area contributed by atoms with Crippen LogP contribution in [0.15, 0.2) is 41.3 Å². The smallest absolute Gasteiger partial charge is 0.262 e. The van der Waals surface area contributed by atoms with Crippen molar-refractivity contribution in [3.8, 4) is 6.07 Å². The molecule has 3 N–H and O–H groups in total. The molecule has 0 spiro atoms. The molecule has 0 saturated carbocycles. The lowest BCUT2D eigenvalue weighted by molar-refractivity contribution is 0.600. The highest BCUT2D eigenvalue weighted by Gasteiger charge is 2.18. The second kappa shape index (κ2) is 5.64. The molecule has 0 bridgehead atoms. The van der Waals surface area contributed by atoms with Crippen LogP contribution in [0.2, 0.25) is 5.02 Å². The topological polar surface area (TPSA) is 96.0 Å². The first-order valence-corrected chi connectivity index (χ1v) is 7.79. The van der Waals surface area contributed by atoms with Crippen molar-refractivity contribution in [2.45, 2.75) is 11.8 Å². The molecule has 0 aromatic heterocycles. The molecule has 0 fully saturated rings. The molecular weight excluding hydrogens is 310 g/mol. The van der Waals surface area contributed by atoms with Crippen LogP contribution >= 0.6 is 11.6 Å². The largest absolute Gasteiger partial charge is 0.398 e. The Balaban J connectivity index is 2.43. The summed E-state index contributed by atoms with van der Waals surface area (Å²) >= 11 is 5.81. The molecular formula is C14H12ClN3O2S. The van der Waals surface area contributed by atoms with Crippen LogP contribution in [0.1, 0.15) is 11.1 Å². The third kappa shape index (κ3) is 3.10. The predicted octanol–water partition coefficient (Wildman–Crippen LogP) is 2.90. The van der Waals surface area contributed by atoms with E-state index in [-0.39, 0.29) is 21.2 Å². The maximum absolute atomic E-state index is 12.4. The predicted molar refractivity (Wildman–Crippen MR) is 82.6 cm³/mol. The summed E-state index contributed by atoms with van der Waals surface area (Å²) in [4.78, 5) is 0.0935. The molecule has 2 rings (SSSR count). The van der Waals surface area contributed by atoms with Gasteiger partial charge in [0.2, 0.25) is 0 Å². The molecule has 0 aliphatic heterocycles. The van der Waals surface area contributed by atoms with Gasteiger partial charge in [-0.25, -0.2) is 8.42 Å². The molecule has 2 aromatic carbocycles. The van der Waals surface area contributed by atoms with Gasteiger partial charge >= 0.3 is 0 Å². The van der Waals surface area contributed by atoms with Crippen molar-refractivity contribution in [2.24, 2.45) is 0 Å². The highest BCUT2D eigenvalue weighted by atomic mass is 35.5. The first-order chi connectivity index (χ1) is 9.85. The quantitative estimate of drug-likeness (QED) is 0.849. The number of hydrogen-bond acceptors (Lipinski definition) is 4. The minimum Gasteiger partial charge on any atom is -0.398 e. The summed E-state index contributed by atoms with van der Waals surface area (Å²) in [6.45, 7) is 1.63. The summed E-state index contributed by atoms with van der Waals surface area (Å²) < 4.78 is 27.2. The molecule has 2 aromatic rings. The van der Waals surface area contributed by atoms with Crippen molar-refractivity contribution < 1.29 is 8.42 Å². The zero-order valence-corrected chi connectivity index (χ0v) is 12.7. The summed E-state index contributed by atoms with van der Waals surface area (Å²) in [6.07, 6.45) is 0. The molecule has 108 valence electrons. The fraction of sp³-hybridized carbons (Fsp3) is 0.0714. The number of halogens is 1. The standard InChI is InChI=1S/C14H12ClN3O2S/c1-9-13(17)3-2-4-14(9)21(19,20)18-11-5-6-12(15)10(7-11)8-16/h2-7,18H,17H2,1H3. The van der Waals surface area contributed by atoms with Gasteiger partial charge in [0.05, 0.1) is 21.2 Å². The van der Waals surface area contributed by atoms with Crippen molar-refractivity contribution in [3.05, 3.63) is 52.5 Å². The zero-order valence-electron chi connectivity index (χ0n) is 11.1. The summed E-state index contributed by atoms with van der Waals surface area (Å²) in [5, 5.41) is 9.17. The van der Waals surface area contributed by atoms with Gasteiger partial charge in [-0.2, -0.15) is 5.26 Å².